The van der Waals surface area contributed by atoms with Gasteiger partial charge in [0.1, 0.15) is 5.75 Å². The number of nitrogens with one attached hydrogen (secondary N) is 1. The van der Waals surface area contributed by atoms with E-state index in [1.807, 2.05) is 19.2 Å². The van der Waals surface area contributed by atoms with Crippen LogP contribution in [0.1, 0.15) is 11.3 Å². The summed E-state index contributed by atoms with van der Waals surface area (Å²) < 4.78 is 0. The average molecular weight is 215 g/mol. The van der Waals surface area contributed by atoms with Crippen LogP contribution in [0.2, 0.25) is 0 Å². The second kappa shape index (κ2) is 4.61. The number of aromatic nitrogens is 2. The maximum Gasteiger partial charge on any atom is 0.133 e. The van der Waals surface area contributed by atoms with Gasteiger partial charge in [-0.05, 0) is 30.7 Å². The zero-order valence-corrected chi connectivity index (χ0v) is 9.01. The Morgan fingerprint density at radius 1 is 1.25 bits per heavy atom. The molecule has 0 atom stereocenters. The first kappa shape index (κ1) is 10.4. The molecule has 0 aliphatic carbocycles. The summed E-state index contributed by atoms with van der Waals surface area (Å²) in [6.07, 6.45) is 5.02. The first-order valence-electron chi connectivity index (χ1n) is 5.03. The molecule has 0 saturated carbocycles. The van der Waals surface area contributed by atoms with Crippen LogP contribution < -0.4 is 5.32 Å². The molecular formula is C12H13N3O. The summed E-state index contributed by atoms with van der Waals surface area (Å²) >= 11 is 0. The highest BCUT2D eigenvalue weighted by atomic mass is 16.3. The Labute approximate surface area is 94.0 Å². The van der Waals surface area contributed by atoms with Gasteiger partial charge in [0.2, 0.25) is 0 Å². The number of hydrogen-bond donors (Lipinski definition) is 2. The lowest BCUT2D eigenvalue weighted by Crippen LogP contribution is -2.01. The van der Waals surface area contributed by atoms with Crippen molar-refractivity contribution in [3.63, 3.8) is 0 Å². The van der Waals surface area contributed by atoms with Crippen molar-refractivity contribution < 1.29 is 5.11 Å². The monoisotopic (exact) mass is 215 g/mol. The lowest BCUT2D eigenvalue weighted by atomic mass is 10.3. The van der Waals surface area contributed by atoms with Crippen LogP contribution in [-0.4, -0.2) is 15.1 Å². The number of rotatable bonds is 3. The number of pyridine rings is 2. The second-order valence-electron chi connectivity index (χ2n) is 3.61. The van der Waals surface area contributed by atoms with Crippen molar-refractivity contribution in [3.8, 4) is 5.75 Å². The van der Waals surface area contributed by atoms with E-state index in [4.69, 9.17) is 5.11 Å². The van der Waals surface area contributed by atoms with E-state index in [-0.39, 0.29) is 5.75 Å². The molecule has 4 nitrogen and oxygen atoms in total. The van der Waals surface area contributed by atoms with Gasteiger partial charge >= 0.3 is 0 Å². The van der Waals surface area contributed by atoms with Gasteiger partial charge in [-0.2, -0.15) is 0 Å². The summed E-state index contributed by atoms with van der Waals surface area (Å²) in [6, 6.07) is 5.43. The zero-order chi connectivity index (χ0) is 11.4. The lowest BCUT2D eigenvalue weighted by molar-refractivity contribution is 0.472. The molecule has 2 aromatic heterocycles. The largest absolute Gasteiger partial charge is 0.506 e. The van der Waals surface area contributed by atoms with Gasteiger partial charge in [0.25, 0.3) is 0 Å². The average Bonchev–Trinajstić information content (AvgIpc) is 2.28. The molecule has 0 spiro atoms. The minimum atomic E-state index is 0.181. The second-order valence-corrected chi connectivity index (χ2v) is 3.61. The molecule has 0 saturated heterocycles. The standard InChI is InChI=1S/C12H13N3O/c1-9-4-11(6-13-5-9)14-7-10-2-3-12(16)8-15-10/h2-6,8,14,16H,7H2,1H3. The first-order chi connectivity index (χ1) is 7.74. The van der Waals surface area contributed by atoms with Crippen LogP contribution in [0.3, 0.4) is 0 Å². The molecule has 0 fully saturated rings. The molecule has 0 radical (unpaired) electrons. The molecule has 0 aromatic carbocycles. The van der Waals surface area contributed by atoms with Crippen LogP contribution in [-0.2, 0) is 6.54 Å². The van der Waals surface area contributed by atoms with Crippen LogP contribution >= 0.6 is 0 Å². The zero-order valence-electron chi connectivity index (χ0n) is 9.01. The van der Waals surface area contributed by atoms with Crippen molar-refractivity contribution in [2.45, 2.75) is 13.5 Å². The Morgan fingerprint density at radius 2 is 2.12 bits per heavy atom. The minimum Gasteiger partial charge on any atom is -0.506 e. The Balaban J connectivity index is 1.99. The van der Waals surface area contributed by atoms with Crippen molar-refractivity contribution in [1.29, 1.82) is 0 Å². The van der Waals surface area contributed by atoms with Crippen molar-refractivity contribution in [2.24, 2.45) is 0 Å². The number of aromatic hydroxyl groups is 1. The van der Waals surface area contributed by atoms with Crippen LogP contribution in [0.4, 0.5) is 5.69 Å². The maximum atomic E-state index is 9.09. The third kappa shape index (κ3) is 2.70. The molecule has 2 N–H and O–H groups in total. The first-order valence-corrected chi connectivity index (χ1v) is 5.03. The fourth-order valence-electron chi connectivity index (χ4n) is 1.37. The van der Waals surface area contributed by atoms with E-state index in [1.54, 1.807) is 18.3 Å². The molecule has 0 aliphatic heterocycles. The summed E-state index contributed by atoms with van der Waals surface area (Å²) in [6.45, 7) is 2.61. The fourth-order valence-corrected chi connectivity index (χ4v) is 1.37. The van der Waals surface area contributed by atoms with Gasteiger partial charge < -0.3 is 10.4 Å². The SMILES string of the molecule is Cc1cncc(NCc2ccc(O)cn2)c1. The van der Waals surface area contributed by atoms with Crippen molar-refractivity contribution in [3.05, 3.63) is 48.0 Å². The highest BCUT2D eigenvalue weighted by molar-refractivity contribution is 5.42. The van der Waals surface area contributed by atoms with E-state index in [0.29, 0.717) is 6.54 Å². The van der Waals surface area contributed by atoms with Gasteiger partial charge in [0, 0.05) is 12.4 Å². The van der Waals surface area contributed by atoms with Crippen molar-refractivity contribution >= 4 is 5.69 Å². The molecule has 16 heavy (non-hydrogen) atoms. The van der Waals surface area contributed by atoms with E-state index in [2.05, 4.69) is 15.3 Å². The Kier molecular flexibility index (Phi) is 3.00. The van der Waals surface area contributed by atoms with Gasteiger partial charge in [-0.25, -0.2) is 0 Å². The molecule has 0 unspecified atom stereocenters. The van der Waals surface area contributed by atoms with Crippen LogP contribution in [0.5, 0.6) is 5.75 Å². The highest BCUT2D eigenvalue weighted by Gasteiger charge is 1.96. The number of nitrogens with zero attached hydrogens (tertiary/aromatic N) is 2. The Bertz CT molecular complexity index is 468. The minimum absolute atomic E-state index is 0.181. The third-order valence-electron chi connectivity index (χ3n) is 2.16. The van der Waals surface area contributed by atoms with Gasteiger partial charge in [-0.1, -0.05) is 0 Å². The number of anilines is 1. The molecular weight excluding hydrogens is 202 g/mol. The molecule has 2 aromatic rings. The number of hydrogen-bond acceptors (Lipinski definition) is 4. The summed E-state index contributed by atoms with van der Waals surface area (Å²) in [7, 11) is 0. The molecule has 0 aliphatic rings. The maximum absolute atomic E-state index is 9.09. The van der Waals surface area contributed by atoms with Crippen LogP contribution in [0.15, 0.2) is 36.8 Å². The molecule has 2 rings (SSSR count). The molecule has 0 amide bonds. The van der Waals surface area contributed by atoms with Gasteiger partial charge in [0.15, 0.2) is 0 Å². The summed E-state index contributed by atoms with van der Waals surface area (Å²) in [5, 5.41) is 12.3. The predicted molar refractivity (Wildman–Crippen MR) is 62.2 cm³/mol. The summed E-state index contributed by atoms with van der Waals surface area (Å²) in [4.78, 5) is 8.17. The van der Waals surface area contributed by atoms with E-state index < -0.39 is 0 Å². The smallest absolute Gasteiger partial charge is 0.133 e. The number of aryl methyl sites for hydroxylation is 1. The quantitative estimate of drug-likeness (QED) is 0.823. The topological polar surface area (TPSA) is 58.0 Å². The van der Waals surface area contributed by atoms with E-state index in [1.165, 1.54) is 6.20 Å². The van der Waals surface area contributed by atoms with Crippen LogP contribution in [0.25, 0.3) is 0 Å². The molecule has 4 heteroatoms. The van der Waals surface area contributed by atoms with E-state index >= 15 is 0 Å². The summed E-state index contributed by atoms with van der Waals surface area (Å²) in [5.74, 6) is 0.181. The summed E-state index contributed by atoms with van der Waals surface area (Å²) in [5.41, 5.74) is 2.96. The molecule has 0 bridgehead atoms. The predicted octanol–water partition coefficient (Wildman–Crippen LogP) is 2.10. The van der Waals surface area contributed by atoms with Gasteiger partial charge in [-0.3, -0.25) is 9.97 Å². The van der Waals surface area contributed by atoms with E-state index in [0.717, 1.165) is 16.9 Å². The normalized spacial score (nSPS) is 10.1. The Hall–Kier alpha value is -2.10. The molecule has 2 heterocycles. The van der Waals surface area contributed by atoms with Gasteiger partial charge in [-0.15, -0.1) is 0 Å². The van der Waals surface area contributed by atoms with E-state index in [9.17, 15) is 0 Å². The van der Waals surface area contributed by atoms with Gasteiger partial charge in [0.05, 0.1) is 24.1 Å². The highest BCUT2D eigenvalue weighted by Crippen LogP contribution is 2.10. The Morgan fingerprint density at radius 3 is 2.81 bits per heavy atom. The van der Waals surface area contributed by atoms with Crippen LogP contribution in [0, 0.1) is 6.92 Å². The fraction of sp³-hybridized carbons (Fsp3) is 0.167. The molecule has 82 valence electrons. The van der Waals surface area contributed by atoms with Crippen molar-refractivity contribution in [2.75, 3.05) is 5.32 Å². The van der Waals surface area contributed by atoms with Crippen molar-refractivity contribution in [1.82, 2.24) is 9.97 Å². The third-order valence-corrected chi connectivity index (χ3v) is 2.16. The lowest BCUT2D eigenvalue weighted by Gasteiger charge is -2.05.